The summed E-state index contributed by atoms with van der Waals surface area (Å²) in [5, 5.41) is 8.91. The Morgan fingerprint density at radius 3 is 3.00 bits per heavy atom. The Bertz CT molecular complexity index is 832. The molecule has 1 N–H and O–H groups in total. The number of amides is 1. The predicted octanol–water partition coefficient (Wildman–Crippen LogP) is 1.18. The van der Waals surface area contributed by atoms with Crippen molar-refractivity contribution in [1.82, 2.24) is 19.5 Å². The first kappa shape index (κ1) is 13.6. The molecule has 1 amide bonds. The van der Waals surface area contributed by atoms with Crippen LogP contribution in [0.15, 0.2) is 40.6 Å². The molecule has 108 valence electrons. The van der Waals surface area contributed by atoms with E-state index < -0.39 is 0 Å². The van der Waals surface area contributed by atoms with Gasteiger partial charge in [-0.3, -0.25) is 14.0 Å². The van der Waals surface area contributed by atoms with Gasteiger partial charge in [-0.15, -0.1) is 11.3 Å². The number of carbonyl (C=O) groups is 1. The molecule has 0 atom stereocenters. The molecule has 3 rings (SSSR count). The Kier molecular flexibility index (Phi) is 3.57. The van der Waals surface area contributed by atoms with Gasteiger partial charge in [-0.2, -0.15) is 5.10 Å². The van der Waals surface area contributed by atoms with E-state index in [1.807, 2.05) is 17.5 Å². The molecule has 0 aromatic carbocycles. The fourth-order valence-electron chi connectivity index (χ4n) is 2.14. The van der Waals surface area contributed by atoms with Gasteiger partial charge < -0.3 is 5.32 Å². The second kappa shape index (κ2) is 5.53. The van der Waals surface area contributed by atoms with E-state index in [0.717, 1.165) is 4.88 Å². The average Bonchev–Trinajstić information content (AvgIpc) is 3.13. The number of hydrogen-bond acceptors (Lipinski definition) is 4. The zero-order valence-electron chi connectivity index (χ0n) is 11.4. The molecule has 0 saturated carbocycles. The lowest BCUT2D eigenvalue weighted by Crippen LogP contribution is -2.34. The van der Waals surface area contributed by atoms with E-state index in [4.69, 9.17) is 0 Å². The van der Waals surface area contributed by atoms with E-state index in [0.29, 0.717) is 17.9 Å². The predicted molar refractivity (Wildman–Crippen MR) is 80.4 cm³/mol. The molecule has 0 aliphatic rings. The molecule has 0 unspecified atom stereocenters. The highest BCUT2D eigenvalue weighted by Crippen LogP contribution is 2.07. The summed E-state index contributed by atoms with van der Waals surface area (Å²) in [6, 6.07) is 7.39. The Morgan fingerprint density at radius 2 is 2.24 bits per heavy atom. The lowest BCUT2D eigenvalue weighted by molar-refractivity contribution is -0.122. The van der Waals surface area contributed by atoms with Gasteiger partial charge >= 0.3 is 0 Å². The molecule has 0 fully saturated rings. The summed E-state index contributed by atoms with van der Waals surface area (Å²) in [4.78, 5) is 25.2. The van der Waals surface area contributed by atoms with Crippen LogP contribution in [0.25, 0.3) is 5.52 Å². The zero-order valence-corrected chi connectivity index (χ0v) is 12.3. The smallest absolute Gasteiger partial charge is 0.291 e. The third-order valence-corrected chi connectivity index (χ3v) is 4.03. The molecule has 0 aliphatic heterocycles. The van der Waals surface area contributed by atoms with Crippen LogP contribution in [0.3, 0.4) is 0 Å². The van der Waals surface area contributed by atoms with E-state index in [-0.39, 0.29) is 18.0 Å². The molecule has 3 aromatic rings. The summed E-state index contributed by atoms with van der Waals surface area (Å²) < 4.78 is 2.91. The number of carbonyl (C=O) groups excluding carboxylic acids is 1. The van der Waals surface area contributed by atoms with Crippen LogP contribution in [-0.4, -0.2) is 20.1 Å². The van der Waals surface area contributed by atoms with Crippen LogP contribution in [0.2, 0.25) is 0 Å². The van der Waals surface area contributed by atoms with E-state index in [2.05, 4.69) is 10.4 Å². The van der Waals surface area contributed by atoms with Gasteiger partial charge in [0.2, 0.25) is 5.91 Å². The summed E-state index contributed by atoms with van der Waals surface area (Å²) in [6.07, 6.45) is 1.78. The lowest BCUT2D eigenvalue weighted by Gasteiger charge is -2.08. The first-order valence-corrected chi connectivity index (χ1v) is 7.37. The first-order valence-electron chi connectivity index (χ1n) is 6.49. The van der Waals surface area contributed by atoms with Gasteiger partial charge in [0, 0.05) is 11.1 Å². The van der Waals surface area contributed by atoms with Crippen molar-refractivity contribution in [1.29, 1.82) is 0 Å². The molecule has 21 heavy (non-hydrogen) atoms. The minimum atomic E-state index is -0.267. The van der Waals surface area contributed by atoms with Gasteiger partial charge in [-0.1, -0.05) is 6.07 Å². The number of aromatic nitrogens is 3. The van der Waals surface area contributed by atoms with Crippen molar-refractivity contribution in [2.45, 2.75) is 20.0 Å². The van der Waals surface area contributed by atoms with Crippen LogP contribution in [0.4, 0.5) is 0 Å². The van der Waals surface area contributed by atoms with Gasteiger partial charge in [0.05, 0.1) is 6.54 Å². The third kappa shape index (κ3) is 2.73. The Balaban J connectivity index is 1.76. The van der Waals surface area contributed by atoms with E-state index >= 15 is 0 Å². The highest BCUT2D eigenvalue weighted by molar-refractivity contribution is 7.09. The largest absolute Gasteiger partial charge is 0.350 e. The molecule has 3 heterocycles. The lowest BCUT2D eigenvalue weighted by atomic mass is 10.4. The van der Waals surface area contributed by atoms with E-state index in [1.165, 1.54) is 4.68 Å². The van der Waals surface area contributed by atoms with Crippen LogP contribution in [-0.2, 0) is 17.9 Å². The normalized spacial score (nSPS) is 10.9. The maximum absolute atomic E-state index is 12.2. The molecule has 0 bridgehead atoms. The van der Waals surface area contributed by atoms with Crippen molar-refractivity contribution in [2.24, 2.45) is 0 Å². The first-order chi connectivity index (χ1) is 10.1. The maximum atomic E-state index is 12.2. The van der Waals surface area contributed by atoms with Crippen molar-refractivity contribution in [2.75, 3.05) is 0 Å². The fourth-order valence-corrected chi connectivity index (χ4v) is 2.78. The number of nitrogens with one attached hydrogen (secondary N) is 1. The summed E-state index contributed by atoms with van der Waals surface area (Å²) in [5.74, 6) is 0.439. The Labute approximate surface area is 124 Å². The van der Waals surface area contributed by atoms with Gasteiger partial charge in [-0.05, 0) is 30.5 Å². The summed E-state index contributed by atoms with van der Waals surface area (Å²) in [6.45, 7) is 2.19. The van der Waals surface area contributed by atoms with Crippen molar-refractivity contribution < 1.29 is 4.79 Å². The number of thiophene rings is 1. The van der Waals surface area contributed by atoms with Gasteiger partial charge in [0.1, 0.15) is 17.9 Å². The molecule has 3 aromatic heterocycles. The van der Waals surface area contributed by atoms with Crippen molar-refractivity contribution >= 4 is 22.8 Å². The molecule has 0 aliphatic carbocycles. The topological polar surface area (TPSA) is 68.4 Å². The molecule has 6 nitrogen and oxygen atoms in total. The second-order valence-corrected chi connectivity index (χ2v) is 5.66. The SMILES string of the molecule is Cc1nn(CC(=O)NCc2cccs2)c(=O)c2cccn12. The quantitative estimate of drug-likeness (QED) is 0.787. The van der Waals surface area contributed by atoms with Crippen LogP contribution >= 0.6 is 11.3 Å². The summed E-state index contributed by atoms with van der Waals surface area (Å²) in [5.41, 5.74) is 0.255. The number of hydrogen-bond donors (Lipinski definition) is 1. The second-order valence-electron chi connectivity index (χ2n) is 4.63. The molecule has 0 spiro atoms. The Morgan fingerprint density at radius 1 is 1.38 bits per heavy atom. The van der Waals surface area contributed by atoms with E-state index in [1.54, 1.807) is 41.0 Å². The van der Waals surface area contributed by atoms with Crippen molar-refractivity contribution in [3.63, 3.8) is 0 Å². The minimum Gasteiger partial charge on any atom is -0.350 e. The van der Waals surface area contributed by atoms with Crippen molar-refractivity contribution in [3.8, 4) is 0 Å². The highest BCUT2D eigenvalue weighted by Gasteiger charge is 2.10. The maximum Gasteiger partial charge on any atom is 0.291 e. The molecular weight excluding hydrogens is 288 g/mol. The minimum absolute atomic E-state index is 0.0767. The Hall–Kier alpha value is -2.41. The third-order valence-electron chi connectivity index (χ3n) is 3.15. The average molecular weight is 302 g/mol. The van der Waals surface area contributed by atoms with Gasteiger partial charge in [0.25, 0.3) is 5.56 Å². The van der Waals surface area contributed by atoms with Gasteiger partial charge in [-0.25, -0.2) is 4.68 Å². The fraction of sp³-hybridized carbons (Fsp3) is 0.214. The van der Waals surface area contributed by atoms with E-state index in [9.17, 15) is 9.59 Å². The number of aryl methyl sites for hydroxylation is 1. The van der Waals surface area contributed by atoms with Crippen LogP contribution in [0, 0.1) is 6.92 Å². The van der Waals surface area contributed by atoms with Crippen molar-refractivity contribution in [3.05, 3.63) is 56.9 Å². The molecule has 0 saturated heterocycles. The summed E-state index contributed by atoms with van der Waals surface area (Å²) in [7, 11) is 0. The van der Waals surface area contributed by atoms with Crippen LogP contribution in [0.1, 0.15) is 10.7 Å². The van der Waals surface area contributed by atoms with Gasteiger partial charge in [0.15, 0.2) is 0 Å². The number of rotatable bonds is 4. The standard InChI is InChI=1S/C14H14N4O2S/c1-10-16-18(14(20)12-5-2-6-17(10)12)9-13(19)15-8-11-4-3-7-21-11/h2-7H,8-9H2,1H3,(H,15,19). The monoisotopic (exact) mass is 302 g/mol. The molecular formula is C14H14N4O2S. The molecule has 0 radical (unpaired) electrons. The van der Waals surface area contributed by atoms with Crippen LogP contribution in [0.5, 0.6) is 0 Å². The zero-order chi connectivity index (χ0) is 14.8. The summed E-state index contributed by atoms with van der Waals surface area (Å²) >= 11 is 1.58. The number of fused-ring (bicyclic) bond motifs is 1. The van der Waals surface area contributed by atoms with Crippen LogP contribution < -0.4 is 10.9 Å². The number of nitrogens with zero attached hydrogens (tertiary/aromatic N) is 3. The highest BCUT2D eigenvalue weighted by atomic mass is 32.1. The molecule has 7 heteroatoms.